The number of aryl methyl sites for hydroxylation is 2. The SMILES string of the molecule is Cc1nc(CCCCCCC(C)(C)C)no1. The second-order valence-corrected chi connectivity index (χ2v) is 5.70. The summed E-state index contributed by atoms with van der Waals surface area (Å²) in [6.07, 6.45) is 7.34. The van der Waals surface area contributed by atoms with E-state index in [2.05, 4.69) is 30.9 Å². The molecule has 0 aliphatic heterocycles. The molecular weight excluding hydrogens is 200 g/mol. The molecule has 16 heavy (non-hydrogen) atoms. The Hall–Kier alpha value is -0.860. The molecule has 0 saturated heterocycles. The molecule has 3 heteroatoms. The predicted octanol–water partition coefficient (Wildman–Crippen LogP) is 3.92. The first-order chi connectivity index (χ1) is 7.47. The summed E-state index contributed by atoms with van der Waals surface area (Å²) in [6, 6.07) is 0. The maximum Gasteiger partial charge on any atom is 0.223 e. The lowest BCUT2D eigenvalue weighted by atomic mass is 9.89. The molecule has 0 unspecified atom stereocenters. The fourth-order valence-electron chi connectivity index (χ4n) is 1.73. The first kappa shape index (κ1) is 13.2. The number of aromatic nitrogens is 2. The van der Waals surface area contributed by atoms with Crippen LogP contribution in [0.1, 0.15) is 64.6 Å². The fraction of sp³-hybridized carbons (Fsp3) is 0.846. The van der Waals surface area contributed by atoms with Crippen molar-refractivity contribution in [3.8, 4) is 0 Å². The molecule has 0 radical (unpaired) electrons. The van der Waals surface area contributed by atoms with Gasteiger partial charge >= 0.3 is 0 Å². The average Bonchev–Trinajstić information content (AvgIpc) is 2.56. The number of hydrogen-bond donors (Lipinski definition) is 0. The van der Waals surface area contributed by atoms with E-state index in [0.717, 1.165) is 12.2 Å². The summed E-state index contributed by atoms with van der Waals surface area (Å²) >= 11 is 0. The first-order valence-electron chi connectivity index (χ1n) is 6.26. The van der Waals surface area contributed by atoms with Gasteiger partial charge in [0.25, 0.3) is 0 Å². The summed E-state index contributed by atoms with van der Waals surface area (Å²) in [5.41, 5.74) is 0.477. The molecule has 0 aromatic carbocycles. The standard InChI is InChI=1S/C13H24N2O/c1-11-14-12(15-16-11)9-7-5-6-8-10-13(2,3)4/h5-10H2,1-4H3. The van der Waals surface area contributed by atoms with Gasteiger partial charge in [-0.25, -0.2) is 0 Å². The van der Waals surface area contributed by atoms with Crippen LogP contribution in [0.4, 0.5) is 0 Å². The normalized spacial score (nSPS) is 12.0. The topological polar surface area (TPSA) is 38.9 Å². The maximum atomic E-state index is 4.93. The Morgan fingerprint density at radius 2 is 1.75 bits per heavy atom. The van der Waals surface area contributed by atoms with Gasteiger partial charge in [0.2, 0.25) is 5.89 Å². The number of unbranched alkanes of at least 4 members (excludes halogenated alkanes) is 3. The molecular formula is C13H24N2O. The molecule has 0 fully saturated rings. The van der Waals surface area contributed by atoms with Gasteiger partial charge in [0.15, 0.2) is 5.82 Å². The largest absolute Gasteiger partial charge is 0.340 e. The van der Waals surface area contributed by atoms with Crippen molar-refractivity contribution in [1.29, 1.82) is 0 Å². The van der Waals surface area contributed by atoms with Gasteiger partial charge in [-0.15, -0.1) is 0 Å². The van der Waals surface area contributed by atoms with E-state index in [-0.39, 0.29) is 0 Å². The summed E-state index contributed by atoms with van der Waals surface area (Å²) in [5.74, 6) is 1.52. The minimum atomic E-state index is 0.477. The molecule has 0 amide bonds. The van der Waals surface area contributed by atoms with E-state index >= 15 is 0 Å². The van der Waals surface area contributed by atoms with Gasteiger partial charge in [0.05, 0.1) is 0 Å². The Morgan fingerprint density at radius 1 is 1.06 bits per heavy atom. The second kappa shape index (κ2) is 6.02. The zero-order valence-electron chi connectivity index (χ0n) is 11.0. The lowest BCUT2D eigenvalue weighted by Gasteiger charge is -2.17. The highest BCUT2D eigenvalue weighted by Crippen LogP contribution is 2.22. The summed E-state index contributed by atoms with van der Waals surface area (Å²) in [7, 11) is 0. The van der Waals surface area contributed by atoms with Crippen LogP contribution < -0.4 is 0 Å². The smallest absolute Gasteiger partial charge is 0.223 e. The number of rotatable bonds is 6. The van der Waals surface area contributed by atoms with Crippen LogP contribution in [0, 0.1) is 12.3 Å². The third kappa shape index (κ3) is 5.89. The van der Waals surface area contributed by atoms with Crippen molar-refractivity contribution in [3.63, 3.8) is 0 Å². The highest BCUT2D eigenvalue weighted by Gasteiger charge is 2.08. The van der Waals surface area contributed by atoms with Crippen molar-refractivity contribution >= 4 is 0 Å². The molecule has 0 N–H and O–H groups in total. The first-order valence-corrected chi connectivity index (χ1v) is 6.26. The summed E-state index contributed by atoms with van der Waals surface area (Å²) < 4.78 is 4.93. The van der Waals surface area contributed by atoms with Crippen LogP contribution in [0.25, 0.3) is 0 Å². The molecule has 0 saturated carbocycles. The molecule has 92 valence electrons. The van der Waals surface area contributed by atoms with Crippen molar-refractivity contribution in [3.05, 3.63) is 11.7 Å². The van der Waals surface area contributed by atoms with Crippen LogP contribution >= 0.6 is 0 Å². The molecule has 0 aliphatic rings. The van der Waals surface area contributed by atoms with Crippen molar-refractivity contribution in [2.24, 2.45) is 5.41 Å². The van der Waals surface area contributed by atoms with E-state index in [1.807, 2.05) is 6.92 Å². The summed E-state index contributed by atoms with van der Waals surface area (Å²) in [4.78, 5) is 4.19. The van der Waals surface area contributed by atoms with E-state index in [0.29, 0.717) is 11.3 Å². The van der Waals surface area contributed by atoms with Gasteiger partial charge in [-0.1, -0.05) is 45.2 Å². The Morgan fingerprint density at radius 3 is 2.31 bits per heavy atom. The highest BCUT2D eigenvalue weighted by atomic mass is 16.5. The lowest BCUT2D eigenvalue weighted by Crippen LogP contribution is -2.03. The van der Waals surface area contributed by atoms with Gasteiger partial charge < -0.3 is 4.52 Å². The summed E-state index contributed by atoms with van der Waals surface area (Å²) in [6.45, 7) is 8.74. The van der Waals surface area contributed by atoms with Crippen LogP contribution in [0.2, 0.25) is 0 Å². The van der Waals surface area contributed by atoms with Crippen LogP contribution in [0.5, 0.6) is 0 Å². The molecule has 0 atom stereocenters. The molecule has 3 nitrogen and oxygen atoms in total. The van der Waals surface area contributed by atoms with E-state index < -0.39 is 0 Å². The molecule has 1 heterocycles. The van der Waals surface area contributed by atoms with Crippen LogP contribution in [0.3, 0.4) is 0 Å². The van der Waals surface area contributed by atoms with Crippen molar-refractivity contribution in [2.75, 3.05) is 0 Å². The zero-order chi connectivity index (χ0) is 12.0. The Bertz CT molecular complexity index is 299. The maximum absolute atomic E-state index is 4.93. The van der Waals surface area contributed by atoms with Gasteiger partial charge in [0.1, 0.15) is 0 Å². The molecule has 1 rings (SSSR count). The molecule has 0 aliphatic carbocycles. The quantitative estimate of drug-likeness (QED) is 0.687. The molecule has 0 spiro atoms. The Labute approximate surface area is 98.6 Å². The predicted molar refractivity (Wildman–Crippen MR) is 65.3 cm³/mol. The third-order valence-corrected chi connectivity index (χ3v) is 2.65. The minimum Gasteiger partial charge on any atom is -0.340 e. The lowest BCUT2D eigenvalue weighted by molar-refractivity contribution is 0.356. The van der Waals surface area contributed by atoms with E-state index in [9.17, 15) is 0 Å². The van der Waals surface area contributed by atoms with Crippen molar-refractivity contribution in [2.45, 2.75) is 66.2 Å². The van der Waals surface area contributed by atoms with Crippen LogP contribution in [-0.4, -0.2) is 10.1 Å². The van der Waals surface area contributed by atoms with Gasteiger partial charge in [0, 0.05) is 13.3 Å². The van der Waals surface area contributed by atoms with Crippen LogP contribution in [-0.2, 0) is 6.42 Å². The van der Waals surface area contributed by atoms with E-state index in [1.54, 1.807) is 0 Å². The Balaban J connectivity index is 2.00. The minimum absolute atomic E-state index is 0.477. The van der Waals surface area contributed by atoms with Gasteiger partial charge in [-0.2, -0.15) is 4.98 Å². The van der Waals surface area contributed by atoms with Gasteiger partial charge in [-0.05, 0) is 18.3 Å². The van der Waals surface area contributed by atoms with Crippen LogP contribution in [0.15, 0.2) is 4.52 Å². The van der Waals surface area contributed by atoms with Crippen molar-refractivity contribution in [1.82, 2.24) is 10.1 Å². The molecule has 1 aromatic heterocycles. The fourth-order valence-corrected chi connectivity index (χ4v) is 1.73. The second-order valence-electron chi connectivity index (χ2n) is 5.70. The van der Waals surface area contributed by atoms with E-state index in [4.69, 9.17) is 4.52 Å². The number of hydrogen-bond acceptors (Lipinski definition) is 3. The van der Waals surface area contributed by atoms with Crippen molar-refractivity contribution < 1.29 is 4.52 Å². The van der Waals surface area contributed by atoms with E-state index in [1.165, 1.54) is 32.1 Å². The monoisotopic (exact) mass is 224 g/mol. The highest BCUT2D eigenvalue weighted by molar-refractivity contribution is 4.83. The average molecular weight is 224 g/mol. The molecule has 1 aromatic rings. The number of nitrogens with zero attached hydrogens (tertiary/aromatic N) is 2. The summed E-state index contributed by atoms with van der Waals surface area (Å²) in [5, 5.41) is 3.89. The Kier molecular flexibility index (Phi) is 4.97. The molecule has 0 bridgehead atoms. The zero-order valence-corrected chi connectivity index (χ0v) is 11.0. The third-order valence-electron chi connectivity index (χ3n) is 2.65. The van der Waals surface area contributed by atoms with Gasteiger partial charge in [-0.3, -0.25) is 0 Å².